The molecule has 4 rings (SSSR count). The molecule has 0 aromatic heterocycles. The molecule has 4 heteroatoms. The Balaban J connectivity index is 1.73. The van der Waals surface area contributed by atoms with Crippen LogP contribution in [-0.2, 0) is 0 Å². The van der Waals surface area contributed by atoms with Crippen molar-refractivity contribution in [2.45, 2.75) is 76.0 Å². The number of anilines is 2. The zero-order valence-corrected chi connectivity index (χ0v) is 20.4. The van der Waals surface area contributed by atoms with Gasteiger partial charge in [0, 0.05) is 24.5 Å². The molecule has 2 aromatic rings. The predicted octanol–water partition coefficient (Wildman–Crippen LogP) is 7.18. The topological polar surface area (TPSA) is 43.8 Å². The van der Waals surface area contributed by atoms with Crippen molar-refractivity contribution in [2.75, 3.05) is 32.1 Å². The molecule has 0 bridgehead atoms. The fourth-order valence-electron chi connectivity index (χ4n) is 5.65. The maximum Gasteiger partial charge on any atom is 0.335 e. The van der Waals surface area contributed by atoms with Crippen LogP contribution in [0.1, 0.15) is 97.5 Å². The second kappa shape index (κ2) is 11.2. The van der Waals surface area contributed by atoms with E-state index in [4.69, 9.17) is 0 Å². The second-order valence-electron chi connectivity index (χ2n) is 10.3. The zero-order valence-electron chi connectivity index (χ0n) is 20.4. The van der Waals surface area contributed by atoms with Crippen molar-refractivity contribution in [1.29, 1.82) is 0 Å². The van der Waals surface area contributed by atoms with Crippen molar-refractivity contribution < 1.29 is 9.90 Å². The maximum absolute atomic E-state index is 11.4. The minimum absolute atomic E-state index is 0.338. The van der Waals surface area contributed by atoms with Gasteiger partial charge in [0.05, 0.1) is 5.56 Å². The summed E-state index contributed by atoms with van der Waals surface area (Å²) in [7, 11) is 4.22. The van der Waals surface area contributed by atoms with E-state index in [1.165, 1.54) is 81.0 Å². The molecule has 0 saturated heterocycles. The largest absolute Gasteiger partial charge is 0.478 e. The first-order valence-corrected chi connectivity index (χ1v) is 12.9. The Labute approximate surface area is 199 Å². The van der Waals surface area contributed by atoms with Gasteiger partial charge in [0.2, 0.25) is 0 Å². The van der Waals surface area contributed by atoms with Crippen LogP contribution in [-0.4, -0.2) is 43.2 Å². The first kappa shape index (κ1) is 23.8. The Kier molecular flexibility index (Phi) is 8.08. The highest BCUT2D eigenvalue weighted by atomic mass is 16.4. The van der Waals surface area contributed by atoms with Crippen molar-refractivity contribution in [3.8, 4) is 0 Å². The van der Waals surface area contributed by atoms with Gasteiger partial charge >= 0.3 is 5.97 Å². The van der Waals surface area contributed by atoms with Crippen LogP contribution < -0.4 is 4.90 Å². The summed E-state index contributed by atoms with van der Waals surface area (Å²) in [5, 5.41) is 9.35. The molecule has 4 nitrogen and oxygen atoms in total. The van der Waals surface area contributed by atoms with E-state index in [-0.39, 0.29) is 0 Å². The van der Waals surface area contributed by atoms with Crippen molar-refractivity contribution in [3.05, 3.63) is 59.2 Å². The third-order valence-electron chi connectivity index (χ3n) is 7.62. The molecule has 0 unspecified atom stereocenters. The van der Waals surface area contributed by atoms with E-state index in [2.05, 4.69) is 42.1 Å². The van der Waals surface area contributed by atoms with Gasteiger partial charge in [-0.3, -0.25) is 0 Å². The minimum atomic E-state index is -0.875. The standard InChI is InChI=1S/C29H40N2O2/c1-30(2)17-18-31(27-15-13-24(14-16-27)29(32)33)28-20-25(22-9-5-3-6-10-22)19-26(21-28)23-11-7-4-8-12-23/h13-16,19-23H,3-12,17-18H2,1-2H3,(H,32,33). The van der Waals surface area contributed by atoms with Gasteiger partial charge < -0.3 is 14.9 Å². The normalized spacial score (nSPS) is 17.9. The molecule has 1 N–H and O–H groups in total. The molecule has 2 aromatic carbocycles. The maximum atomic E-state index is 11.4. The number of carboxylic acid groups (broad SMARTS) is 1. The summed E-state index contributed by atoms with van der Waals surface area (Å²) < 4.78 is 0. The molecule has 0 radical (unpaired) electrons. The average molecular weight is 449 g/mol. The summed E-state index contributed by atoms with van der Waals surface area (Å²) in [5.41, 5.74) is 5.71. The lowest BCUT2D eigenvalue weighted by Gasteiger charge is -2.31. The van der Waals surface area contributed by atoms with E-state index >= 15 is 0 Å². The summed E-state index contributed by atoms with van der Waals surface area (Å²) in [6.45, 7) is 1.81. The van der Waals surface area contributed by atoms with Crippen LogP contribution in [0.25, 0.3) is 0 Å². The molecule has 33 heavy (non-hydrogen) atoms. The number of likely N-dealkylation sites (N-methyl/N-ethyl adjacent to an activating group) is 1. The smallest absolute Gasteiger partial charge is 0.335 e. The Hall–Kier alpha value is -2.33. The number of nitrogens with zero attached hydrogens (tertiary/aromatic N) is 2. The highest BCUT2D eigenvalue weighted by Gasteiger charge is 2.22. The van der Waals surface area contributed by atoms with Gasteiger partial charge in [-0.05, 0) is 99.1 Å². The summed E-state index contributed by atoms with van der Waals surface area (Å²) in [6, 6.07) is 14.8. The van der Waals surface area contributed by atoms with Crippen molar-refractivity contribution in [3.63, 3.8) is 0 Å². The lowest BCUT2D eigenvalue weighted by molar-refractivity contribution is 0.0697. The molecule has 0 atom stereocenters. The zero-order chi connectivity index (χ0) is 23.2. The van der Waals surface area contributed by atoms with E-state index in [0.29, 0.717) is 17.4 Å². The van der Waals surface area contributed by atoms with Gasteiger partial charge in [-0.15, -0.1) is 0 Å². The third-order valence-corrected chi connectivity index (χ3v) is 7.62. The van der Waals surface area contributed by atoms with E-state index in [1.54, 1.807) is 12.1 Å². The molecule has 0 aliphatic heterocycles. The van der Waals surface area contributed by atoms with Gasteiger partial charge in [-0.2, -0.15) is 0 Å². The Morgan fingerprint density at radius 2 is 1.27 bits per heavy atom. The fraction of sp³-hybridized carbons (Fsp3) is 0.552. The first-order valence-electron chi connectivity index (χ1n) is 12.9. The first-order chi connectivity index (χ1) is 16.0. The van der Waals surface area contributed by atoms with E-state index < -0.39 is 5.97 Å². The van der Waals surface area contributed by atoms with E-state index in [0.717, 1.165) is 18.8 Å². The fourth-order valence-corrected chi connectivity index (χ4v) is 5.65. The van der Waals surface area contributed by atoms with Crippen LogP contribution in [0, 0.1) is 0 Å². The predicted molar refractivity (Wildman–Crippen MR) is 137 cm³/mol. The van der Waals surface area contributed by atoms with Crippen LogP contribution >= 0.6 is 0 Å². The Bertz CT molecular complexity index is 873. The lowest BCUT2D eigenvalue weighted by atomic mass is 9.79. The van der Waals surface area contributed by atoms with Crippen LogP contribution in [0.4, 0.5) is 11.4 Å². The van der Waals surface area contributed by atoms with Gasteiger partial charge in [-0.1, -0.05) is 44.6 Å². The number of carbonyl (C=O) groups is 1. The molecule has 2 aliphatic carbocycles. The van der Waals surface area contributed by atoms with Crippen molar-refractivity contribution in [2.24, 2.45) is 0 Å². The summed E-state index contributed by atoms with van der Waals surface area (Å²) >= 11 is 0. The molecule has 0 amide bonds. The molecule has 2 fully saturated rings. The Morgan fingerprint density at radius 1 is 0.758 bits per heavy atom. The molecular formula is C29H40N2O2. The third kappa shape index (κ3) is 6.17. The summed E-state index contributed by atoms with van der Waals surface area (Å²) in [4.78, 5) is 16.0. The quantitative estimate of drug-likeness (QED) is 0.464. The monoisotopic (exact) mass is 448 g/mol. The summed E-state index contributed by atoms with van der Waals surface area (Å²) in [5.74, 6) is 0.470. The van der Waals surface area contributed by atoms with E-state index in [1.807, 2.05) is 12.1 Å². The summed E-state index contributed by atoms with van der Waals surface area (Å²) in [6.07, 6.45) is 13.3. The van der Waals surface area contributed by atoms with Crippen LogP contribution in [0.5, 0.6) is 0 Å². The van der Waals surface area contributed by atoms with Crippen LogP contribution in [0.3, 0.4) is 0 Å². The highest BCUT2D eigenvalue weighted by Crippen LogP contribution is 2.40. The molecule has 0 heterocycles. The molecule has 178 valence electrons. The molecule has 2 saturated carbocycles. The average Bonchev–Trinajstić information content (AvgIpc) is 2.85. The Morgan fingerprint density at radius 3 is 1.73 bits per heavy atom. The number of benzene rings is 2. The van der Waals surface area contributed by atoms with Gasteiger partial charge in [0.1, 0.15) is 0 Å². The van der Waals surface area contributed by atoms with Gasteiger partial charge in [-0.25, -0.2) is 4.79 Å². The molecular weight excluding hydrogens is 408 g/mol. The van der Waals surface area contributed by atoms with Crippen molar-refractivity contribution in [1.82, 2.24) is 4.90 Å². The number of hydrogen-bond acceptors (Lipinski definition) is 3. The van der Waals surface area contributed by atoms with Crippen LogP contribution in [0.15, 0.2) is 42.5 Å². The number of carboxylic acids is 1. The number of hydrogen-bond donors (Lipinski definition) is 1. The lowest BCUT2D eigenvalue weighted by Crippen LogP contribution is -2.28. The number of aromatic carboxylic acids is 1. The SMILES string of the molecule is CN(C)CCN(c1ccc(C(=O)O)cc1)c1cc(C2CCCCC2)cc(C2CCCCC2)c1. The van der Waals surface area contributed by atoms with Crippen molar-refractivity contribution >= 4 is 17.3 Å². The van der Waals surface area contributed by atoms with Crippen LogP contribution in [0.2, 0.25) is 0 Å². The molecule has 0 spiro atoms. The highest BCUT2D eigenvalue weighted by molar-refractivity contribution is 5.88. The van der Waals surface area contributed by atoms with E-state index in [9.17, 15) is 9.90 Å². The molecule has 2 aliphatic rings. The minimum Gasteiger partial charge on any atom is -0.478 e. The van der Waals surface area contributed by atoms with Gasteiger partial charge in [0.25, 0.3) is 0 Å². The van der Waals surface area contributed by atoms with Gasteiger partial charge in [0.15, 0.2) is 0 Å². The second-order valence-corrected chi connectivity index (χ2v) is 10.3. The number of rotatable bonds is 8.